The second kappa shape index (κ2) is 9.27. The number of ether oxygens (including phenoxy) is 1. The summed E-state index contributed by atoms with van der Waals surface area (Å²) in [6.07, 6.45) is 1.25. The average molecular weight is 333 g/mol. The quantitative estimate of drug-likeness (QED) is 0.691. The van der Waals surface area contributed by atoms with Crippen LogP contribution in [0.3, 0.4) is 0 Å². The molecule has 2 rings (SSSR count). The minimum Gasteiger partial charge on any atom is -0.486 e. The first-order chi connectivity index (χ1) is 11.2. The van der Waals surface area contributed by atoms with Crippen molar-refractivity contribution in [2.45, 2.75) is 26.4 Å². The first-order valence-corrected chi connectivity index (χ1v) is 8.59. The van der Waals surface area contributed by atoms with E-state index in [-0.39, 0.29) is 5.91 Å². The third-order valence-electron chi connectivity index (χ3n) is 3.25. The van der Waals surface area contributed by atoms with Gasteiger partial charge in [0.25, 0.3) is 0 Å². The summed E-state index contributed by atoms with van der Waals surface area (Å²) in [4.78, 5) is 16.2. The third kappa shape index (κ3) is 6.38. The van der Waals surface area contributed by atoms with Crippen molar-refractivity contribution in [2.24, 2.45) is 0 Å². The molecule has 0 saturated carbocycles. The van der Waals surface area contributed by atoms with E-state index < -0.39 is 0 Å². The van der Waals surface area contributed by atoms with E-state index in [9.17, 15) is 4.79 Å². The van der Waals surface area contributed by atoms with Gasteiger partial charge in [0.2, 0.25) is 5.91 Å². The molecule has 0 saturated heterocycles. The Bertz CT molecular complexity index is 611. The minimum atomic E-state index is 0.0115. The molecule has 124 valence electrons. The van der Waals surface area contributed by atoms with Crippen LogP contribution < -0.4 is 15.4 Å². The molecule has 0 spiro atoms. The predicted octanol–water partition coefficient (Wildman–Crippen LogP) is 2.30. The maximum atomic E-state index is 11.8. The standard InChI is InChI=1S/C17H23N3O2S/c1-13-4-6-15(7-5-13)22-11-17-20-14(12-23-17)10-16(21)19-9-3-8-18-2/h4-7,12,18H,3,8-11H2,1-2H3,(H,19,21). The van der Waals surface area contributed by atoms with Gasteiger partial charge in [-0.3, -0.25) is 4.79 Å². The normalized spacial score (nSPS) is 10.5. The Morgan fingerprint density at radius 1 is 1.26 bits per heavy atom. The fourth-order valence-corrected chi connectivity index (χ4v) is 2.70. The molecular weight excluding hydrogens is 310 g/mol. The number of hydrogen-bond acceptors (Lipinski definition) is 5. The van der Waals surface area contributed by atoms with Crippen LogP contribution in [0.5, 0.6) is 5.75 Å². The number of carbonyl (C=O) groups is 1. The molecule has 1 aromatic heterocycles. The maximum absolute atomic E-state index is 11.8. The summed E-state index contributed by atoms with van der Waals surface area (Å²) in [5, 5.41) is 8.74. The van der Waals surface area contributed by atoms with Crippen molar-refractivity contribution in [3.63, 3.8) is 0 Å². The summed E-state index contributed by atoms with van der Waals surface area (Å²) < 4.78 is 5.70. The molecule has 0 aliphatic carbocycles. The summed E-state index contributed by atoms with van der Waals surface area (Å²) in [6, 6.07) is 7.92. The number of benzene rings is 1. The highest BCUT2D eigenvalue weighted by molar-refractivity contribution is 7.09. The molecule has 5 nitrogen and oxygen atoms in total. The first kappa shape index (κ1) is 17.4. The van der Waals surface area contributed by atoms with Crippen molar-refractivity contribution in [1.82, 2.24) is 15.6 Å². The smallest absolute Gasteiger partial charge is 0.226 e. The van der Waals surface area contributed by atoms with Crippen molar-refractivity contribution in [1.29, 1.82) is 0 Å². The lowest BCUT2D eigenvalue weighted by Gasteiger charge is -2.04. The van der Waals surface area contributed by atoms with E-state index in [2.05, 4.69) is 15.6 Å². The summed E-state index contributed by atoms with van der Waals surface area (Å²) in [5.41, 5.74) is 2.00. The molecule has 2 N–H and O–H groups in total. The van der Waals surface area contributed by atoms with Gasteiger partial charge in [0, 0.05) is 11.9 Å². The first-order valence-electron chi connectivity index (χ1n) is 7.71. The molecule has 23 heavy (non-hydrogen) atoms. The highest BCUT2D eigenvalue weighted by atomic mass is 32.1. The molecule has 1 heterocycles. The van der Waals surface area contributed by atoms with Crippen molar-refractivity contribution < 1.29 is 9.53 Å². The summed E-state index contributed by atoms with van der Waals surface area (Å²) >= 11 is 1.52. The van der Waals surface area contributed by atoms with Gasteiger partial charge in [-0.1, -0.05) is 17.7 Å². The fourth-order valence-electron chi connectivity index (χ4n) is 2.00. The lowest BCUT2D eigenvalue weighted by Crippen LogP contribution is -2.28. The maximum Gasteiger partial charge on any atom is 0.226 e. The van der Waals surface area contributed by atoms with Gasteiger partial charge in [-0.25, -0.2) is 4.98 Å². The number of nitrogens with zero attached hydrogens (tertiary/aromatic N) is 1. The van der Waals surface area contributed by atoms with E-state index in [1.54, 1.807) is 0 Å². The highest BCUT2D eigenvalue weighted by Crippen LogP contribution is 2.16. The molecule has 0 bridgehead atoms. The monoisotopic (exact) mass is 333 g/mol. The van der Waals surface area contributed by atoms with Gasteiger partial charge < -0.3 is 15.4 Å². The molecule has 0 unspecified atom stereocenters. The summed E-state index contributed by atoms with van der Waals surface area (Å²) in [6.45, 7) is 4.06. The molecule has 0 atom stereocenters. The van der Waals surface area contributed by atoms with Crippen LogP contribution in [0.25, 0.3) is 0 Å². The number of nitrogens with one attached hydrogen (secondary N) is 2. The van der Waals surface area contributed by atoms with Crippen molar-refractivity contribution in [3.05, 3.63) is 45.9 Å². The molecule has 0 aliphatic rings. The van der Waals surface area contributed by atoms with Crippen molar-refractivity contribution in [3.8, 4) is 5.75 Å². The van der Waals surface area contributed by atoms with Gasteiger partial charge in [0.1, 0.15) is 17.4 Å². The topological polar surface area (TPSA) is 63.2 Å². The number of carbonyl (C=O) groups excluding carboxylic acids is 1. The zero-order valence-electron chi connectivity index (χ0n) is 13.6. The van der Waals surface area contributed by atoms with E-state index in [0.717, 1.165) is 29.4 Å². The Labute approximate surface area is 141 Å². The second-order valence-electron chi connectivity index (χ2n) is 5.32. The number of amides is 1. The van der Waals surface area contributed by atoms with Crippen LogP contribution >= 0.6 is 11.3 Å². The molecule has 2 aromatic rings. The summed E-state index contributed by atoms with van der Waals surface area (Å²) in [5.74, 6) is 0.840. The molecular formula is C17H23N3O2S. The molecule has 1 amide bonds. The van der Waals surface area contributed by atoms with Gasteiger partial charge >= 0.3 is 0 Å². The number of aromatic nitrogens is 1. The van der Waals surface area contributed by atoms with Crippen LogP contribution in [0, 0.1) is 6.92 Å². The Morgan fingerprint density at radius 3 is 2.78 bits per heavy atom. The number of thiazole rings is 1. The lowest BCUT2D eigenvalue weighted by molar-refractivity contribution is -0.120. The number of hydrogen-bond donors (Lipinski definition) is 2. The predicted molar refractivity (Wildman–Crippen MR) is 92.9 cm³/mol. The van der Waals surface area contributed by atoms with E-state index in [1.807, 2.05) is 43.6 Å². The van der Waals surface area contributed by atoms with Crippen LogP contribution in [0.2, 0.25) is 0 Å². The minimum absolute atomic E-state index is 0.0115. The van der Waals surface area contributed by atoms with E-state index in [4.69, 9.17) is 4.74 Å². The van der Waals surface area contributed by atoms with Crippen LogP contribution in [0.1, 0.15) is 22.7 Å². The van der Waals surface area contributed by atoms with E-state index >= 15 is 0 Å². The third-order valence-corrected chi connectivity index (χ3v) is 4.12. The molecule has 1 aromatic carbocycles. The van der Waals surface area contributed by atoms with Crippen molar-refractivity contribution >= 4 is 17.2 Å². The van der Waals surface area contributed by atoms with E-state index in [0.29, 0.717) is 19.6 Å². The Morgan fingerprint density at radius 2 is 2.04 bits per heavy atom. The molecule has 0 aliphatic heterocycles. The Hall–Kier alpha value is -1.92. The number of aryl methyl sites for hydroxylation is 1. The van der Waals surface area contributed by atoms with Gasteiger partial charge in [-0.15, -0.1) is 11.3 Å². The molecule has 6 heteroatoms. The lowest BCUT2D eigenvalue weighted by atomic mass is 10.2. The van der Waals surface area contributed by atoms with Gasteiger partial charge in [0.15, 0.2) is 0 Å². The Balaban J connectivity index is 1.74. The fraction of sp³-hybridized carbons (Fsp3) is 0.412. The largest absolute Gasteiger partial charge is 0.486 e. The van der Waals surface area contributed by atoms with Gasteiger partial charge in [0.05, 0.1) is 12.1 Å². The molecule has 0 fully saturated rings. The van der Waals surface area contributed by atoms with Crippen LogP contribution in [-0.2, 0) is 17.8 Å². The average Bonchev–Trinajstić information content (AvgIpc) is 2.98. The van der Waals surface area contributed by atoms with Crippen LogP contribution in [0.4, 0.5) is 0 Å². The Kier molecular flexibility index (Phi) is 7.03. The highest BCUT2D eigenvalue weighted by Gasteiger charge is 2.08. The zero-order chi connectivity index (χ0) is 16.5. The SMILES string of the molecule is CNCCCNC(=O)Cc1csc(COc2ccc(C)cc2)n1. The summed E-state index contributed by atoms with van der Waals surface area (Å²) in [7, 11) is 1.90. The zero-order valence-corrected chi connectivity index (χ0v) is 14.4. The van der Waals surface area contributed by atoms with Crippen molar-refractivity contribution in [2.75, 3.05) is 20.1 Å². The van der Waals surface area contributed by atoms with Crippen LogP contribution in [-0.4, -0.2) is 31.0 Å². The second-order valence-corrected chi connectivity index (χ2v) is 6.26. The van der Waals surface area contributed by atoms with E-state index in [1.165, 1.54) is 16.9 Å². The number of rotatable bonds is 9. The van der Waals surface area contributed by atoms with Gasteiger partial charge in [-0.05, 0) is 39.1 Å². The van der Waals surface area contributed by atoms with Crippen LogP contribution in [0.15, 0.2) is 29.6 Å². The molecule has 0 radical (unpaired) electrons. The van der Waals surface area contributed by atoms with Gasteiger partial charge in [-0.2, -0.15) is 0 Å².